The van der Waals surface area contributed by atoms with Crippen LogP contribution in [0.1, 0.15) is 29.5 Å². The smallest absolute Gasteiger partial charge is 0.265 e. The lowest BCUT2D eigenvalue weighted by atomic mass is 10.0. The van der Waals surface area contributed by atoms with Gasteiger partial charge in [-0.05, 0) is 43.6 Å². The van der Waals surface area contributed by atoms with Crippen LogP contribution in [0, 0.1) is 13.8 Å². The number of nitrogens with zero attached hydrogens (tertiary/aromatic N) is 1. The first-order valence-electron chi connectivity index (χ1n) is 8.50. The summed E-state index contributed by atoms with van der Waals surface area (Å²) >= 11 is 1.97. The number of quaternary nitrogens is 1. The van der Waals surface area contributed by atoms with Crippen LogP contribution in [-0.4, -0.2) is 61.9 Å². The molecule has 4 nitrogen and oxygen atoms in total. The van der Waals surface area contributed by atoms with E-state index in [-0.39, 0.29) is 5.75 Å². The molecule has 0 spiro atoms. The van der Waals surface area contributed by atoms with E-state index >= 15 is 0 Å². The van der Waals surface area contributed by atoms with E-state index in [1.54, 1.807) is 0 Å². The molecule has 1 N–H and O–H groups in total. The second-order valence-corrected chi connectivity index (χ2v) is 9.97. The van der Waals surface area contributed by atoms with Gasteiger partial charge in [-0.15, -0.1) is 0 Å². The van der Waals surface area contributed by atoms with Gasteiger partial charge in [0.05, 0.1) is 32.9 Å². The van der Waals surface area contributed by atoms with Crippen LogP contribution in [0.3, 0.4) is 0 Å². The van der Waals surface area contributed by atoms with Gasteiger partial charge in [0.1, 0.15) is 0 Å². The molecule has 0 saturated carbocycles. The molecule has 138 valence electrons. The Hall–Kier alpha value is -0.560. The fraction of sp³-hybridized carbons (Fsp3) is 0.667. The van der Waals surface area contributed by atoms with Crippen LogP contribution in [0.25, 0.3) is 0 Å². The molecule has 6 heteroatoms. The van der Waals surface area contributed by atoms with Crippen molar-refractivity contribution in [3.05, 3.63) is 34.9 Å². The van der Waals surface area contributed by atoms with Crippen molar-refractivity contribution in [2.75, 3.05) is 44.4 Å². The van der Waals surface area contributed by atoms with Crippen molar-refractivity contribution in [2.45, 2.75) is 33.1 Å². The van der Waals surface area contributed by atoms with Crippen molar-refractivity contribution in [2.24, 2.45) is 0 Å². The highest BCUT2D eigenvalue weighted by Crippen LogP contribution is 2.15. The Morgan fingerprint density at radius 1 is 1.08 bits per heavy atom. The largest absolute Gasteiger partial charge is 0.328 e. The van der Waals surface area contributed by atoms with Crippen molar-refractivity contribution < 1.29 is 17.5 Å². The van der Waals surface area contributed by atoms with Gasteiger partial charge >= 0.3 is 0 Å². The second kappa shape index (κ2) is 9.80. The van der Waals surface area contributed by atoms with Crippen LogP contribution in [0.4, 0.5) is 0 Å². The third-order valence-electron chi connectivity index (χ3n) is 4.25. The highest BCUT2D eigenvalue weighted by molar-refractivity contribution is 7.99. The van der Waals surface area contributed by atoms with E-state index in [2.05, 4.69) is 46.1 Å². The fourth-order valence-electron chi connectivity index (χ4n) is 2.63. The molecule has 0 fully saturated rings. The van der Waals surface area contributed by atoms with E-state index in [1.807, 2.05) is 11.8 Å². The zero-order valence-corrected chi connectivity index (χ0v) is 17.0. The molecule has 0 amide bonds. The van der Waals surface area contributed by atoms with E-state index < -0.39 is 10.1 Å². The van der Waals surface area contributed by atoms with Crippen molar-refractivity contribution in [1.82, 2.24) is 0 Å². The number of hydrogen-bond acceptors (Lipinski definition) is 3. The summed E-state index contributed by atoms with van der Waals surface area (Å²) in [5, 5.41) is 0. The number of rotatable bonds is 11. The summed E-state index contributed by atoms with van der Waals surface area (Å²) < 4.78 is 31.1. The van der Waals surface area contributed by atoms with Gasteiger partial charge in [-0.3, -0.25) is 4.55 Å². The number of thioether (sulfide) groups is 1. The van der Waals surface area contributed by atoms with E-state index in [0.717, 1.165) is 35.5 Å². The number of benzene rings is 1. The predicted octanol–water partition coefficient (Wildman–Crippen LogP) is 3.32. The zero-order valence-electron chi connectivity index (χ0n) is 15.4. The molecule has 0 aliphatic carbocycles. The second-order valence-electron chi connectivity index (χ2n) is 7.17. The van der Waals surface area contributed by atoms with Gasteiger partial charge in [-0.1, -0.05) is 23.8 Å². The molecular weight excluding hydrogens is 342 g/mol. The molecule has 0 aliphatic rings. The summed E-state index contributed by atoms with van der Waals surface area (Å²) in [4.78, 5) is 0. The molecular formula is C18H32NO3S2+. The molecule has 0 heterocycles. The monoisotopic (exact) mass is 374 g/mol. The van der Waals surface area contributed by atoms with Crippen molar-refractivity contribution in [3.8, 4) is 0 Å². The van der Waals surface area contributed by atoms with E-state index in [4.69, 9.17) is 4.55 Å². The first-order chi connectivity index (χ1) is 11.1. The summed E-state index contributed by atoms with van der Waals surface area (Å²) in [6, 6.07) is 6.65. The molecule has 0 bridgehead atoms. The van der Waals surface area contributed by atoms with E-state index in [1.165, 1.54) is 23.1 Å². The van der Waals surface area contributed by atoms with Crippen molar-refractivity contribution in [3.63, 3.8) is 0 Å². The average molecular weight is 375 g/mol. The first-order valence-corrected chi connectivity index (χ1v) is 11.3. The third kappa shape index (κ3) is 9.67. The Morgan fingerprint density at radius 2 is 1.79 bits per heavy atom. The van der Waals surface area contributed by atoms with Crippen molar-refractivity contribution >= 4 is 21.9 Å². The SMILES string of the molecule is Cc1ccc(C)c(CCCSCC[N+](C)(C)CCCS(=O)(=O)O)c1. The van der Waals surface area contributed by atoms with Gasteiger partial charge in [0.2, 0.25) is 0 Å². The van der Waals surface area contributed by atoms with E-state index in [0.29, 0.717) is 6.42 Å². The van der Waals surface area contributed by atoms with Crippen LogP contribution in [-0.2, 0) is 16.5 Å². The van der Waals surface area contributed by atoms with Gasteiger partial charge in [0.25, 0.3) is 10.1 Å². The Bertz CT molecular complexity index is 613. The number of aryl methyl sites for hydroxylation is 3. The van der Waals surface area contributed by atoms with Gasteiger partial charge in [-0.2, -0.15) is 20.2 Å². The van der Waals surface area contributed by atoms with Gasteiger partial charge in [0.15, 0.2) is 0 Å². The maximum atomic E-state index is 10.8. The minimum Gasteiger partial charge on any atom is -0.328 e. The Kier molecular flexibility index (Phi) is 8.77. The number of hydrogen-bond donors (Lipinski definition) is 1. The highest BCUT2D eigenvalue weighted by Gasteiger charge is 2.16. The van der Waals surface area contributed by atoms with Crippen LogP contribution in [0.2, 0.25) is 0 Å². The molecule has 0 radical (unpaired) electrons. The topological polar surface area (TPSA) is 54.4 Å². The Morgan fingerprint density at radius 3 is 2.46 bits per heavy atom. The maximum Gasteiger partial charge on any atom is 0.265 e. The van der Waals surface area contributed by atoms with Gasteiger partial charge in [-0.25, -0.2) is 0 Å². The van der Waals surface area contributed by atoms with Gasteiger partial charge < -0.3 is 4.48 Å². The highest BCUT2D eigenvalue weighted by atomic mass is 32.2. The minimum atomic E-state index is -3.83. The summed E-state index contributed by atoms with van der Waals surface area (Å²) in [6.07, 6.45) is 2.82. The summed E-state index contributed by atoms with van der Waals surface area (Å²) in [6.45, 7) is 6.09. The lowest BCUT2D eigenvalue weighted by Gasteiger charge is -2.29. The quantitative estimate of drug-likeness (QED) is 0.367. The lowest BCUT2D eigenvalue weighted by Crippen LogP contribution is -2.42. The summed E-state index contributed by atoms with van der Waals surface area (Å²) in [5.74, 6) is 2.09. The first kappa shape index (κ1) is 21.5. The molecule has 24 heavy (non-hydrogen) atoms. The molecule has 1 rings (SSSR count). The zero-order chi connectivity index (χ0) is 18.2. The van der Waals surface area contributed by atoms with Crippen LogP contribution in [0.15, 0.2) is 18.2 Å². The van der Waals surface area contributed by atoms with Crippen LogP contribution < -0.4 is 0 Å². The molecule has 0 aliphatic heterocycles. The summed E-state index contributed by atoms with van der Waals surface area (Å²) in [5.41, 5.74) is 4.16. The van der Waals surface area contributed by atoms with Gasteiger partial charge in [0, 0.05) is 12.2 Å². The fourth-order valence-corrected chi connectivity index (χ4v) is 4.30. The minimum absolute atomic E-state index is 0.141. The molecule has 0 saturated heterocycles. The molecule has 1 aromatic carbocycles. The molecule has 0 aromatic heterocycles. The lowest BCUT2D eigenvalue weighted by molar-refractivity contribution is -0.887. The standard InChI is InChI=1S/C18H31NO3S2/c1-16-8-9-17(2)18(15-16)7-5-12-23-13-11-19(3,4)10-6-14-24(20,21)22/h8-9,15H,5-7,10-14H2,1-4H3/p+1. The normalized spacial score (nSPS) is 12.5. The maximum absolute atomic E-state index is 10.8. The Balaban J connectivity index is 2.17. The predicted molar refractivity (Wildman–Crippen MR) is 104 cm³/mol. The van der Waals surface area contributed by atoms with E-state index in [9.17, 15) is 8.42 Å². The van der Waals surface area contributed by atoms with Crippen molar-refractivity contribution in [1.29, 1.82) is 0 Å². The molecule has 0 unspecified atom stereocenters. The van der Waals surface area contributed by atoms with Crippen LogP contribution in [0.5, 0.6) is 0 Å². The summed E-state index contributed by atoms with van der Waals surface area (Å²) in [7, 11) is 0.396. The molecule has 0 atom stereocenters. The average Bonchev–Trinajstić information content (AvgIpc) is 2.44. The Labute approximate surface area is 152 Å². The molecule has 1 aromatic rings. The van der Waals surface area contributed by atoms with Crippen LogP contribution >= 0.6 is 11.8 Å². The third-order valence-corrected chi connectivity index (χ3v) is 6.10.